The number of hydrogen-bond acceptors (Lipinski definition) is 3. The monoisotopic (exact) mass is 388 g/mol. The summed E-state index contributed by atoms with van der Waals surface area (Å²) < 4.78 is 6.55. The number of hydrogen-bond donors (Lipinski definition) is 2. The van der Waals surface area contributed by atoms with Gasteiger partial charge in [-0.1, -0.05) is 31.2 Å². The number of phenols is 2. The van der Waals surface area contributed by atoms with Gasteiger partial charge < -0.3 is 14.3 Å². The van der Waals surface area contributed by atoms with Crippen LogP contribution in [0.1, 0.15) is 24.0 Å². The average Bonchev–Trinajstić information content (AvgIpc) is 2.48. The quantitative estimate of drug-likeness (QED) is 0.579. The van der Waals surface area contributed by atoms with Gasteiger partial charge in [-0.2, -0.15) is 0 Å². The van der Waals surface area contributed by atoms with E-state index in [9.17, 15) is 10.2 Å². The minimum absolute atomic E-state index is 0.202. The third kappa shape index (κ3) is 6.00. The maximum Gasteiger partial charge on any atom is 0.173 e. The summed E-state index contributed by atoms with van der Waals surface area (Å²) in [5.74, 6) is 1.15. The van der Waals surface area contributed by atoms with Gasteiger partial charge in [0.1, 0.15) is 11.5 Å². The van der Waals surface area contributed by atoms with Crippen LogP contribution in [-0.2, 0) is 4.12 Å². The Morgan fingerprint density at radius 1 is 0.769 bits per heavy atom. The van der Waals surface area contributed by atoms with Crippen molar-refractivity contribution in [1.29, 1.82) is 0 Å². The molecule has 2 aromatic rings. The zero-order valence-electron chi connectivity index (χ0n) is 16.8. The molecule has 0 bridgehead atoms. The normalized spacial score (nSPS) is 13.8. The van der Waals surface area contributed by atoms with Crippen molar-refractivity contribution in [2.24, 2.45) is 5.92 Å². The Labute approximate surface area is 159 Å². The largest absolute Gasteiger partial charge is 0.508 e. The maximum absolute atomic E-state index is 9.66. The van der Waals surface area contributed by atoms with E-state index in [1.54, 1.807) is 24.3 Å². The van der Waals surface area contributed by atoms with E-state index < -0.39 is 16.6 Å². The molecule has 0 heterocycles. The van der Waals surface area contributed by atoms with E-state index in [-0.39, 0.29) is 17.4 Å². The standard InChI is InChI=1S/C21H32O3Si2/c1-16(15-26(5,6)24-25(2,3)4)21(17-7-11-19(22)12-8-17)18-9-13-20(23)14-10-18/h7-14,16,21-23H,15H2,1-6H3. The summed E-state index contributed by atoms with van der Waals surface area (Å²) in [7, 11) is -3.36. The fourth-order valence-corrected chi connectivity index (χ4v) is 12.7. The molecule has 0 spiro atoms. The van der Waals surface area contributed by atoms with Crippen LogP contribution in [0.15, 0.2) is 48.5 Å². The van der Waals surface area contributed by atoms with Crippen molar-refractivity contribution in [1.82, 2.24) is 0 Å². The van der Waals surface area contributed by atoms with Crippen molar-refractivity contribution in [2.75, 3.05) is 0 Å². The van der Waals surface area contributed by atoms with Gasteiger partial charge in [0.15, 0.2) is 16.6 Å². The molecule has 26 heavy (non-hydrogen) atoms. The van der Waals surface area contributed by atoms with Gasteiger partial charge in [-0.25, -0.2) is 0 Å². The minimum Gasteiger partial charge on any atom is -0.508 e. The van der Waals surface area contributed by atoms with Crippen LogP contribution in [0, 0.1) is 5.92 Å². The summed E-state index contributed by atoms with van der Waals surface area (Å²) in [6.45, 7) is 13.7. The zero-order valence-corrected chi connectivity index (χ0v) is 18.8. The molecule has 0 saturated carbocycles. The number of rotatable bonds is 7. The molecule has 0 aliphatic rings. The topological polar surface area (TPSA) is 49.7 Å². The molecule has 142 valence electrons. The lowest BCUT2D eigenvalue weighted by atomic mass is 9.82. The lowest BCUT2D eigenvalue weighted by molar-refractivity contribution is 0.470. The molecule has 0 saturated heterocycles. The third-order valence-electron chi connectivity index (χ3n) is 4.47. The summed E-state index contributed by atoms with van der Waals surface area (Å²) in [4.78, 5) is 0. The van der Waals surface area contributed by atoms with E-state index >= 15 is 0 Å². The van der Waals surface area contributed by atoms with Crippen LogP contribution in [-0.4, -0.2) is 26.8 Å². The van der Waals surface area contributed by atoms with Crippen LogP contribution >= 0.6 is 0 Å². The zero-order chi connectivity index (χ0) is 19.5. The predicted molar refractivity (Wildman–Crippen MR) is 114 cm³/mol. The van der Waals surface area contributed by atoms with E-state index in [1.165, 1.54) is 11.1 Å². The van der Waals surface area contributed by atoms with Gasteiger partial charge in [0, 0.05) is 5.92 Å². The molecule has 1 atom stereocenters. The van der Waals surface area contributed by atoms with Gasteiger partial charge in [-0.05, 0) is 80.1 Å². The van der Waals surface area contributed by atoms with Crippen molar-refractivity contribution in [3.05, 3.63) is 59.7 Å². The second-order valence-corrected chi connectivity index (χ2v) is 17.8. The minimum atomic E-state index is -1.79. The average molecular weight is 389 g/mol. The highest BCUT2D eigenvalue weighted by Gasteiger charge is 2.34. The van der Waals surface area contributed by atoms with Gasteiger partial charge in [0.2, 0.25) is 0 Å². The highest BCUT2D eigenvalue weighted by molar-refractivity contribution is 6.84. The molecule has 0 aromatic heterocycles. The van der Waals surface area contributed by atoms with Gasteiger partial charge in [0.25, 0.3) is 0 Å². The maximum atomic E-state index is 9.66. The van der Waals surface area contributed by atoms with Crippen molar-refractivity contribution in [2.45, 2.75) is 51.6 Å². The van der Waals surface area contributed by atoms with E-state index in [4.69, 9.17) is 4.12 Å². The van der Waals surface area contributed by atoms with E-state index in [2.05, 4.69) is 39.7 Å². The summed E-state index contributed by atoms with van der Waals surface area (Å²) in [5.41, 5.74) is 2.36. The molecule has 0 amide bonds. The molecule has 0 aliphatic heterocycles. The first-order chi connectivity index (χ1) is 12.0. The fraction of sp³-hybridized carbons (Fsp3) is 0.429. The van der Waals surface area contributed by atoms with Crippen molar-refractivity contribution in [3.8, 4) is 11.5 Å². The molecule has 2 rings (SSSR count). The van der Waals surface area contributed by atoms with Crippen LogP contribution in [0.3, 0.4) is 0 Å². The Morgan fingerprint density at radius 2 is 1.15 bits per heavy atom. The first kappa shape index (κ1) is 20.7. The van der Waals surface area contributed by atoms with E-state index in [0.29, 0.717) is 5.92 Å². The summed E-state index contributed by atoms with van der Waals surface area (Å²) in [6, 6.07) is 16.0. The molecule has 0 aliphatic carbocycles. The van der Waals surface area contributed by atoms with Gasteiger partial charge in [-0.15, -0.1) is 0 Å². The molecule has 3 nitrogen and oxygen atoms in total. The number of aromatic hydroxyl groups is 2. The molecular formula is C21H32O3Si2. The molecule has 1 unspecified atom stereocenters. The molecule has 0 radical (unpaired) electrons. The van der Waals surface area contributed by atoms with Crippen molar-refractivity contribution in [3.63, 3.8) is 0 Å². The van der Waals surface area contributed by atoms with Gasteiger partial charge in [0.05, 0.1) is 0 Å². The van der Waals surface area contributed by atoms with E-state index in [1.807, 2.05) is 24.3 Å². The summed E-state index contributed by atoms with van der Waals surface area (Å²) in [5, 5.41) is 19.3. The second-order valence-electron chi connectivity index (χ2n) is 8.82. The van der Waals surface area contributed by atoms with Crippen LogP contribution in [0.5, 0.6) is 11.5 Å². The van der Waals surface area contributed by atoms with Gasteiger partial charge >= 0.3 is 0 Å². The fourth-order valence-electron chi connectivity index (χ4n) is 3.98. The Hall–Kier alpha value is -1.57. The second kappa shape index (κ2) is 7.98. The van der Waals surface area contributed by atoms with Gasteiger partial charge in [-0.3, -0.25) is 0 Å². The van der Waals surface area contributed by atoms with Crippen molar-refractivity contribution < 1.29 is 14.3 Å². The van der Waals surface area contributed by atoms with E-state index in [0.717, 1.165) is 6.04 Å². The van der Waals surface area contributed by atoms with Crippen LogP contribution < -0.4 is 0 Å². The van der Waals surface area contributed by atoms with Crippen LogP contribution in [0.25, 0.3) is 0 Å². The summed E-state index contributed by atoms with van der Waals surface area (Å²) in [6.07, 6.45) is 0. The Kier molecular flexibility index (Phi) is 6.37. The molecule has 2 N–H and O–H groups in total. The molecule has 0 fully saturated rings. The smallest absolute Gasteiger partial charge is 0.173 e. The molecule has 5 heteroatoms. The summed E-state index contributed by atoms with van der Waals surface area (Å²) >= 11 is 0. The Balaban J connectivity index is 2.33. The molecule has 2 aromatic carbocycles. The third-order valence-corrected chi connectivity index (χ3v) is 10.8. The van der Waals surface area contributed by atoms with Crippen LogP contribution in [0.4, 0.5) is 0 Å². The van der Waals surface area contributed by atoms with Crippen LogP contribution in [0.2, 0.25) is 38.8 Å². The molecular weight excluding hydrogens is 356 g/mol. The first-order valence-electron chi connectivity index (χ1n) is 9.25. The highest BCUT2D eigenvalue weighted by atomic mass is 28.4. The Morgan fingerprint density at radius 3 is 1.50 bits per heavy atom. The Bertz CT molecular complexity index is 658. The highest BCUT2D eigenvalue weighted by Crippen LogP contribution is 2.38. The lowest BCUT2D eigenvalue weighted by Gasteiger charge is -2.36. The lowest BCUT2D eigenvalue weighted by Crippen LogP contribution is -2.43. The SMILES string of the molecule is CC(C[Si](C)(C)O[Si](C)(C)C)C(c1ccc(O)cc1)c1ccc(O)cc1. The van der Waals surface area contributed by atoms with Crippen molar-refractivity contribution >= 4 is 16.6 Å². The first-order valence-corrected chi connectivity index (χ1v) is 15.8. The number of phenolic OH excluding ortho intramolecular Hbond substituents is 2. The number of benzene rings is 2. The predicted octanol–water partition coefficient (Wildman–Crippen LogP) is 5.92.